The first-order chi connectivity index (χ1) is 8.05. The first-order valence-corrected chi connectivity index (χ1v) is 7.20. The average Bonchev–Trinajstić information content (AvgIpc) is 2.73. The summed E-state index contributed by atoms with van der Waals surface area (Å²) in [5.41, 5.74) is 0.393. The molecule has 0 amide bonds. The van der Waals surface area contributed by atoms with Crippen molar-refractivity contribution in [1.82, 2.24) is 5.32 Å². The maximum atomic E-state index is 12.7. The SMILES string of the molecule is O=S(=O)(CC1CCCN1)Nc1ccc(F)cc1. The lowest BCUT2D eigenvalue weighted by Crippen LogP contribution is -2.32. The summed E-state index contributed by atoms with van der Waals surface area (Å²) in [4.78, 5) is 0. The van der Waals surface area contributed by atoms with Crippen molar-refractivity contribution in [3.05, 3.63) is 30.1 Å². The molecule has 0 radical (unpaired) electrons. The van der Waals surface area contributed by atoms with Crippen molar-refractivity contribution in [2.24, 2.45) is 0 Å². The van der Waals surface area contributed by atoms with Gasteiger partial charge in [0.15, 0.2) is 0 Å². The van der Waals surface area contributed by atoms with Crippen molar-refractivity contribution in [3.8, 4) is 0 Å². The highest BCUT2D eigenvalue weighted by atomic mass is 32.2. The fourth-order valence-corrected chi connectivity index (χ4v) is 3.30. The van der Waals surface area contributed by atoms with E-state index in [9.17, 15) is 12.8 Å². The second-order valence-electron chi connectivity index (χ2n) is 4.18. The number of hydrogen-bond acceptors (Lipinski definition) is 3. The third-order valence-electron chi connectivity index (χ3n) is 2.70. The topological polar surface area (TPSA) is 58.2 Å². The van der Waals surface area contributed by atoms with Crippen LogP contribution < -0.4 is 10.0 Å². The average molecular weight is 258 g/mol. The molecule has 0 aliphatic carbocycles. The van der Waals surface area contributed by atoms with Crippen LogP contribution in [0, 0.1) is 5.82 Å². The van der Waals surface area contributed by atoms with Gasteiger partial charge in [0, 0.05) is 11.7 Å². The summed E-state index contributed by atoms with van der Waals surface area (Å²) in [7, 11) is -3.37. The van der Waals surface area contributed by atoms with E-state index in [1.54, 1.807) is 0 Å². The molecule has 1 saturated heterocycles. The van der Waals surface area contributed by atoms with Crippen LogP contribution in [0.1, 0.15) is 12.8 Å². The number of halogens is 1. The molecule has 17 heavy (non-hydrogen) atoms. The maximum absolute atomic E-state index is 12.7. The number of rotatable bonds is 4. The predicted molar refractivity (Wildman–Crippen MR) is 64.8 cm³/mol. The molecular formula is C11H15FN2O2S. The molecule has 2 rings (SSSR count). The highest BCUT2D eigenvalue weighted by Gasteiger charge is 2.21. The number of anilines is 1. The van der Waals surface area contributed by atoms with E-state index in [4.69, 9.17) is 0 Å². The van der Waals surface area contributed by atoms with Gasteiger partial charge in [-0.2, -0.15) is 0 Å². The van der Waals surface area contributed by atoms with Gasteiger partial charge in [0.25, 0.3) is 0 Å². The van der Waals surface area contributed by atoms with Crippen LogP contribution in [0.2, 0.25) is 0 Å². The Morgan fingerprint density at radius 3 is 2.65 bits per heavy atom. The molecule has 94 valence electrons. The lowest BCUT2D eigenvalue weighted by Gasteiger charge is -2.12. The number of sulfonamides is 1. The van der Waals surface area contributed by atoms with Crippen LogP contribution in [0.15, 0.2) is 24.3 Å². The van der Waals surface area contributed by atoms with E-state index in [-0.39, 0.29) is 17.6 Å². The molecular weight excluding hydrogens is 243 g/mol. The van der Waals surface area contributed by atoms with E-state index in [0.717, 1.165) is 19.4 Å². The zero-order valence-corrected chi connectivity index (χ0v) is 10.1. The van der Waals surface area contributed by atoms with Gasteiger partial charge < -0.3 is 5.32 Å². The second kappa shape index (κ2) is 5.01. The molecule has 1 aliphatic heterocycles. The molecule has 1 aromatic rings. The first-order valence-electron chi connectivity index (χ1n) is 5.55. The van der Waals surface area contributed by atoms with Crippen LogP contribution in [0.3, 0.4) is 0 Å². The van der Waals surface area contributed by atoms with Gasteiger partial charge in [-0.25, -0.2) is 12.8 Å². The summed E-state index contributed by atoms with van der Waals surface area (Å²) in [6.45, 7) is 0.872. The van der Waals surface area contributed by atoms with Gasteiger partial charge in [-0.1, -0.05) is 0 Å². The molecule has 1 fully saturated rings. The molecule has 1 unspecified atom stereocenters. The van der Waals surface area contributed by atoms with Crippen LogP contribution in [0.4, 0.5) is 10.1 Å². The Morgan fingerprint density at radius 2 is 2.06 bits per heavy atom. The molecule has 6 heteroatoms. The Labute approximate surface area is 100 Å². The van der Waals surface area contributed by atoms with Crippen molar-refractivity contribution < 1.29 is 12.8 Å². The summed E-state index contributed by atoms with van der Waals surface area (Å²) in [6.07, 6.45) is 1.89. The zero-order valence-electron chi connectivity index (χ0n) is 9.32. The smallest absolute Gasteiger partial charge is 0.234 e. The van der Waals surface area contributed by atoms with Crippen molar-refractivity contribution in [3.63, 3.8) is 0 Å². The standard InChI is InChI=1S/C11H15FN2O2S/c12-9-3-5-10(6-4-9)14-17(15,16)8-11-2-1-7-13-11/h3-6,11,13-14H,1-2,7-8H2. The highest BCUT2D eigenvalue weighted by Crippen LogP contribution is 2.13. The lowest BCUT2D eigenvalue weighted by atomic mass is 10.3. The van der Waals surface area contributed by atoms with Crippen molar-refractivity contribution >= 4 is 15.7 Å². The van der Waals surface area contributed by atoms with Gasteiger partial charge >= 0.3 is 0 Å². The third-order valence-corrected chi connectivity index (χ3v) is 4.09. The molecule has 2 N–H and O–H groups in total. The molecule has 4 nitrogen and oxygen atoms in total. The van der Waals surface area contributed by atoms with Gasteiger partial charge in [0.1, 0.15) is 5.82 Å². The van der Waals surface area contributed by atoms with E-state index in [0.29, 0.717) is 5.69 Å². The Morgan fingerprint density at radius 1 is 1.35 bits per heavy atom. The van der Waals surface area contributed by atoms with Crippen LogP contribution >= 0.6 is 0 Å². The van der Waals surface area contributed by atoms with Crippen LogP contribution in [0.5, 0.6) is 0 Å². The third kappa shape index (κ3) is 3.67. The molecule has 0 bridgehead atoms. The molecule has 0 saturated carbocycles. The van der Waals surface area contributed by atoms with Gasteiger partial charge in [-0.05, 0) is 43.7 Å². The molecule has 0 aromatic heterocycles. The molecule has 1 aliphatic rings. The van der Waals surface area contributed by atoms with Crippen LogP contribution in [0.25, 0.3) is 0 Å². The monoisotopic (exact) mass is 258 g/mol. The van der Waals surface area contributed by atoms with Crippen molar-refractivity contribution in [1.29, 1.82) is 0 Å². The summed E-state index contributed by atoms with van der Waals surface area (Å²) < 4.78 is 38.7. The number of hydrogen-bond donors (Lipinski definition) is 2. The number of nitrogens with one attached hydrogen (secondary N) is 2. The molecule has 0 spiro atoms. The zero-order chi connectivity index (χ0) is 12.3. The molecule has 1 heterocycles. The van der Waals surface area contributed by atoms with Gasteiger partial charge in [0.2, 0.25) is 10.0 Å². The Bertz CT molecular complexity index is 467. The second-order valence-corrected chi connectivity index (χ2v) is 5.95. The van der Waals surface area contributed by atoms with E-state index >= 15 is 0 Å². The summed E-state index contributed by atoms with van der Waals surface area (Å²) in [5.74, 6) is -0.324. The van der Waals surface area contributed by atoms with Crippen molar-refractivity contribution in [2.75, 3.05) is 17.0 Å². The van der Waals surface area contributed by atoms with Crippen LogP contribution in [-0.4, -0.2) is 26.8 Å². The fourth-order valence-electron chi connectivity index (χ4n) is 1.90. The van der Waals surface area contributed by atoms with Crippen LogP contribution in [-0.2, 0) is 10.0 Å². The van der Waals surface area contributed by atoms with Crippen molar-refractivity contribution in [2.45, 2.75) is 18.9 Å². The summed E-state index contributed by atoms with van der Waals surface area (Å²) >= 11 is 0. The van der Waals surface area contributed by atoms with E-state index in [2.05, 4.69) is 10.0 Å². The van der Waals surface area contributed by atoms with Gasteiger partial charge in [0.05, 0.1) is 5.75 Å². The molecule has 1 atom stereocenters. The predicted octanol–water partition coefficient (Wildman–Crippen LogP) is 1.32. The van der Waals surface area contributed by atoms with Gasteiger partial charge in [-0.15, -0.1) is 0 Å². The van der Waals surface area contributed by atoms with Gasteiger partial charge in [-0.3, -0.25) is 4.72 Å². The highest BCUT2D eigenvalue weighted by molar-refractivity contribution is 7.92. The molecule has 1 aromatic carbocycles. The number of benzene rings is 1. The van der Waals surface area contributed by atoms with E-state index < -0.39 is 10.0 Å². The normalized spacial score (nSPS) is 20.4. The van der Waals surface area contributed by atoms with E-state index in [1.165, 1.54) is 24.3 Å². The minimum absolute atomic E-state index is 0.0212. The minimum atomic E-state index is -3.37. The summed E-state index contributed by atoms with van der Waals surface area (Å²) in [6, 6.07) is 5.30. The summed E-state index contributed by atoms with van der Waals surface area (Å²) in [5, 5.41) is 3.13. The Kier molecular flexibility index (Phi) is 3.63. The Balaban J connectivity index is 1.98. The fraction of sp³-hybridized carbons (Fsp3) is 0.455. The van der Waals surface area contributed by atoms with E-state index in [1.807, 2.05) is 0 Å². The lowest BCUT2D eigenvalue weighted by molar-refractivity contribution is 0.581. The largest absolute Gasteiger partial charge is 0.313 e. The maximum Gasteiger partial charge on any atom is 0.234 e. The Hall–Kier alpha value is -1.14. The minimum Gasteiger partial charge on any atom is -0.313 e. The first kappa shape index (κ1) is 12.3. The quantitative estimate of drug-likeness (QED) is 0.856.